The Kier molecular flexibility index (Phi) is 6.18. The fourth-order valence-corrected chi connectivity index (χ4v) is 5.59. The number of fused-ring (bicyclic) bond motifs is 3. The second-order valence-corrected chi connectivity index (χ2v) is 10.5. The van der Waals surface area contributed by atoms with Crippen molar-refractivity contribution in [3.05, 3.63) is 76.8 Å². The summed E-state index contributed by atoms with van der Waals surface area (Å²) in [6, 6.07) is 9.76. The van der Waals surface area contributed by atoms with Gasteiger partial charge in [-0.3, -0.25) is 24.1 Å². The minimum absolute atomic E-state index is 0.0310. The molecule has 0 unspecified atom stereocenters. The molecule has 196 valence electrons. The molecule has 0 radical (unpaired) electrons. The van der Waals surface area contributed by atoms with Crippen LogP contribution in [0.15, 0.2) is 42.5 Å². The highest BCUT2D eigenvalue weighted by atomic mass is 19.2. The van der Waals surface area contributed by atoms with Gasteiger partial charge in [-0.25, -0.2) is 15.4 Å². The molecular weight excluding hydrogens is 492 g/mol. The number of nitrogens with one attached hydrogen (secondary N) is 2. The standard InChI is InChI=1S/C28H27F2N5O3/c1-15(2)9-23(34(4)25(36)22-11-16-10-18(29)19(30)12-21(16)32-22)26(37)35-14-28(13-24(35)31-3)17-7-5-6-8-20(17)33-27(28)38/h5-8,10-12,15,23-24,32H,9,13-14H2,1-2,4H3,(H,33,38)/t23-,24-,28-/m0/s1. The predicted octanol–water partition coefficient (Wildman–Crippen LogP) is 4.30. The zero-order valence-corrected chi connectivity index (χ0v) is 21.2. The quantitative estimate of drug-likeness (QED) is 0.493. The Labute approximate surface area is 218 Å². The van der Waals surface area contributed by atoms with Crippen LogP contribution in [0.4, 0.5) is 14.5 Å². The maximum absolute atomic E-state index is 14.0. The van der Waals surface area contributed by atoms with Crippen LogP contribution in [0, 0.1) is 24.1 Å². The Morgan fingerprint density at radius 1 is 1.21 bits per heavy atom. The first-order chi connectivity index (χ1) is 18.1. The summed E-state index contributed by atoms with van der Waals surface area (Å²) in [6.07, 6.45) is -0.380. The number of amides is 3. The lowest BCUT2D eigenvalue weighted by Crippen LogP contribution is -2.51. The lowest BCUT2D eigenvalue weighted by Gasteiger charge is -2.32. The first kappa shape index (κ1) is 25.4. The molecule has 1 saturated heterocycles. The van der Waals surface area contributed by atoms with E-state index in [0.717, 1.165) is 17.7 Å². The number of hydrogen-bond donors (Lipinski definition) is 2. The normalized spacial score (nSPS) is 21.0. The molecule has 0 aliphatic carbocycles. The maximum Gasteiger partial charge on any atom is 0.302 e. The SMILES string of the molecule is [C-]#[N+][C@@H]1C[C@@]2(CN1C(=O)[C@H](CC(C)C)N(C)C(=O)c1cc3cc(F)c(F)cc3[nH]1)C(=O)Nc1ccccc12. The van der Waals surface area contributed by atoms with Crippen molar-refractivity contribution in [2.75, 3.05) is 18.9 Å². The number of rotatable bonds is 5. The number of aromatic amines is 1. The molecule has 10 heteroatoms. The molecular formula is C28H27F2N5O3. The van der Waals surface area contributed by atoms with Crippen LogP contribution in [-0.2, 0) is 15.0 Å². The van der Waals surface area contributed by atoms with E-state index in [1.54, 1.807) is 6.07 Å². The fourth-order valence-electron chi connectivity index (χ4n) is 5.59. The van der Waals surface area contributed by atoms with Crippen LogP contribution in [-0.4, -0.2) is 58.3 Å². The maximum atomic E-state index is 14.0. The van der Waals surface area contributed by atoms with E-state index in [4.69, 9.17) is 6.57 Å². The summed E-state index contributed by atoms with van der Waals surface area (Å²) in [5.41, 5.74) is 0.743. The number of H-pyrrole nitrogens is 1. The molecule has 3 atom stereocenters. The molecule has 0 saturated carbocycles. The average Bonchev–Trinajstić information content (AvgIpc) is 3.56. The second-order valence-electron chi connectivity index (χ2n) is 10.5. The van der Waals surface area contributed by atoms with Gasteiger partial charge in [-0.15, -0.1) is 0 Å². The van der Waals surface area contributed by atoms with Gasteiger partial charge in [0, 0.05) is 36.2 Å². The van der Waals surface area contributed by atoms with E-state index in [2.05, 4.69) is 15.1 Å². The number of carbonyl (C=O) groups is 3. The largest absolute Gasteiger partial charge is 0.350 e. The third-order valence-electron chi connectivity index (χ3n) is 7.55. The first-order valence-corrected chi connectivity index (χ1v) is 12.4. The number of para-hydroxylation sites is 1. The molecule has 1 fully saturated rings. The van der Waals surface area contributed by atoms with Gasteiger partial charge < -0.3 is 15.2 Å². The van der Waals surface area contributed by atoms with Crippen LogP contribution in [0.25, 0.3) is 15.7 Å². The Balaban J connectivity index is 1.46. The van der Waals surface area contributed by atoms with Crippen molar-refractivity contribution in [1.82, 2.24) is 14.8 Å². The molecule has 0 bridgehead atoms. The molecule has 3 amide bonds. The van der Waals surface area contributed by atoms with Gasteiger partial charge in [0.1, 0.15) is 17.2 Å². The average molecular weight is 520 g/mol. The van der Waals surface area contributed by atoms with Crippen LogP contribution in [0.3, 0.4) is 0 Å². The Morgan fingerprint density at radius 2 is 1.92 bits per heavy atom. The number of hydrogen-bond acceptors (Lipinski definition) is 3. The van der Waals surface area contributed by atoms with Gasteiger partial charge in [0.2, 0.25) is 5.91 Å². The number of benzene rings is 2. The van der Waals surface area contributed by atoms with E-state index < -0.39 is 41.1 Å². The van der Waals surface area contributed by atoms with Crippen molar-refractivity contribution in [2.45, 2.75) is 44.3 Å². The van der Waals surface area contributed by atoms with Crippen LogP contribution < -0.4 is 5.32 Å². The third-order valence-corrected chi connectivity index (χ3v) is 7.55. The monoisotopic (exact) mass is 519 g/mol. The van der Waals surface area contributed by atoms with Crippen molar-refractivity contribution < 1.29 is 23.2 Å². The smallest absolute Gasteiger partial charge is 0.302 e. The molecule has 38 heavy (non-hydrogen) atoms. The molecule has 5 rings (SSSR count). The Morgan fingerprint density at radius 3 is 2.63 bits per heavy atom. The number of likely N-dealkylation sites (N-methyl/N-ethyl adjacent to an activating group) is 1. The molecule has 1 spiro atoms. The second kappa shape index (κ2) is 9.24. The molecule has 8 nitrogen and oxygen atoms in total. The summed E-state index contributed by atoms with van der Waals surface area (Å²) < 4.78 is 27.4. The third kappa shape index (κ3) is 3.99. The van der Waals surface area contributed by atoms with Crippen LogP contribution in [0.5, 0.6) is 0 Å². The van der Waals surface area contributed by atoms with E-state index in [1.165, 1.54) is 22.9 Å². The Hall–Kier alpha value is -4.26. The zero-order chi connectivity index (χ0) is 27.4. The number of likely N-dealkylation sites (tertiary alicyclic amines) is 1. The van der Waals surface area contributed by atoms with Crippen molar-refractivity contribution in [3.8, 4) is 0 Å². The highest BCUT2D eigenvalue weighted by Gasteiger charge is 2.59. The van der Waals surface area contributed by atoms with Crippen molar-refractivity contribution in [3.63, 3.8) is 0 Å². The van der Waals surface area contributed by atoms with Gasteiger partial charge in [-0.05, 0) is 36.1 Å². The zero-order valence-electron chi connectivity index (χ0n) is 21.2. The lowest BCUT2D eigenvalue weighted by molar-refractivity contribution is -0.136. The molecule has 2 aliphatic heterocycles. The molecule has 3 heterocycles. The minimum Gasteiger partial charge on any atom is -0.350 e. The van der Waals surface area contributed by atoms with Gasteiger partial charge in [0.05, 0.1) is 6.42 Å². The Bertz CT molecular complexity index is 1470. The van der Waals surface area contributed by atoms with Crippen molar-refractivity contribution >= 4 is 34.3 Å². The van der Waals surface area contributed by atoms with Gasteiger partial charge in [0.15, 0.2) is 11.6 Å². The van der Waals surface area contributed by atoms with Gasteiger partial charge in [-0.1, -0.05) is 32.0 Å². The molecule has 2 aromatic carbocycles. The lowest BCUT2D eigenvalue weighted by atomic mass is 9.80. The van der Waals surface area contributed by atoms with Crippen molar-refractivity contribution in [2.24, 2.45) is 5.92 Å². The predicted molar refractivity (Wildman–Crippen MR) is 137 cm³/mol. The number of anilines is 1. The van der Waals surface area contributed by atoms with E-state index in [9.17, 15) is 23.2 Å². The number of halogens is 2. The van der Waals surface area contributed by atoms with Gasteiger partial charge in [-0.2, -0.15) is 0 Å². The van der Waals surface area contributed by atoms with Crippen molar-refractivity contribution in [1.29, 1.82) is 0 Å². The van der Waals surface area contributed by atoms with Crippen LogP contribution in [0.1, 0.15) is 42.7 Å². The van der Waals surface area contributed by atoms with E-state index in [1.807, 2.05) is 32.0 Å². The number of aromatic nitrogens is 1. The summed E-state index contributed by atoms with van der Waals surface area (Å²) in [6.45, 7) is 11.7. The highest BCUT2D eigenvalue weighted by Crippen LogP contribution is 2.47. The molecule has 2 aliphatic rings. The number of nitrogens with zero attached hydrogens (tertiary/aromatic N) is 3. The highest BCUT2D eigenvalue weighted by molar-refractivity contribution is 6.07. The summed E-state index contributed by atoms with van der Waals surface area (Å²) in [7, 11) is 1.50. The van der Waals surface area contributed by atoms with E-state index in [-0.39, 0.29) is 36.0 Å². The minimum atomic E-state index is -1.04. The van der Waals surface area contributed by atoms with Gasteiger partial charge >= 0.3 is 6.17 Å². The summed E-state index contributed by atoms with van der Waals surface area (Å²) in [5, 5.41) is 3.20. The summed E-state index contributed by atoms with van der Waals surface area (Å²) >= 11 is 0. The summed E-state index contributed by atoms with van der Waals surface area (Å²) in [5.74, 6) is -3.22. The van der Waals surface area contributed by atoms with Crippen LogP contribution in [0.2, 0.25) is 0 Å². The molecule has 2 N–H and O–H groups in total. The first-order valence-electron chi connectivity index (χ1n) is 12.4. The topological polar surface area (TPSA) is 89.9 Å². The van der Waals surface area contributed by atoms with E-state index >= 15 is 0 Å². The van der Waals surface area contributed by atoms with Gasteiger partial charge in [0.25, 0.3) is 11.8 Å². The number of carbonyl (C=O) groups excluding carboxylic acids is 3. The fraction of sp³-hybridized carbons (Fsp3) is 0.357. The molecule has 1 aromatic heterocycles. The molecule has 3 aromatic rings. The van der Waals surface area contributed by atoms with E-state index in [0.29, 0.717) is 17.5 Å². The summed E-state index contributed by atoms with van der Waals surface area (Å²) in [4.78, 5) is 49.8. The van der Waals surface area contributed by atoms with Crippen LogP contribution >= 0.6 is 0 Å².